The number of carbonyl (C=O) groups is 2. The maximum absolute atomic E-state index is 13.9. The molecule has 2 aromatic carbocycles. The third-order valence-corrected chi connectivity index (χ3v) is 5.82. The predicted octanol–water partition coefficient (Wildman–Crippen LogP) is 6.66. The molecule has 0 bridgehead atoms. The summed E-state index contributed by atoms with van der Waals surface area (Å²) in [5, 5.41) is 13.6. The molecule has 0 radical (unpaired) electrons. The average Bonchev–Trinajstić information content (AvgIpc) is 3.16. The molecule has 0 fully saturated rings. The van der Waals surface area contributed by atoms with Gasteiger partial charge in [-0.3, -0.25) is 4.79 Å². The highest BCUT2D eigenvalue weighted by molar-refractivity contribution is 7.14. The molecule has 1 amide bonds. The molecule has 0 spiro atoms. The van der Waals surface area contributed by atoms with E-state index in [-0.39, 0.29) is 38.2 Å². The van der Waals surface area contributed by atoms with Crippen LogP contribution in [-0.4, -0.2) is 17.0 Å². The quantitative estimate of drug-likeness (QED) is 0.294. The number of carbonyl (C=O) groups excluding carboxylic acids is 1. The summed E-state index contributed by atoms with van der Waals surface area (Å²) in [6.07, 6.45) is 1.95. The maximum atomic E-state index is 13.9. The van der Waals surface area contributed by atoms with Gasteiger partial charge in [0.05, 0.1) is 15.6 Å². The first kappa shape index (κ1) is 23.4. The Morgan fingerprint density at radius 2 is 1.97 bits per heavy atom. The molecule has 0 aliphatic heterocycles. The number of allylic oxidation sites excluding steroid dienone is 1. The summed E-state index contributed by atoms with van der Waals surface area (Å²) in [6.45, 7) is 3.31. The van der Waals surface area contributed by atoms with Gasteiger partial charge in [-0.25, -0.2) is 13.6 Å². The molecule has 2 N–H and O–H groups in total. The first-order valence-electron chi connectivity index (χ1n) is 9.47. The number of hydrogen-bond donors (Lipinski definition) is 2. The van der Waals surface area contributed by atoms with E-state index in [0.29, 0.717) is 12.0 Å². The van der Waals surface area contributed by atoms with Gasteiger partial charge >= 0.3 is 5.97 Å². The van der Waals surface area contributed by atoms with Crippen molar-refractivity contribution in [3.05, 3.63) is 81.4 Å². The van der Waals surface area contributed by atoms with Gasteiger partial charge in [-0.05, 0) is 49.2 Å². The lowest BCUT2D eigenvalue weighted by Crippen LogP contribution is -2.20. The Balaban J connectivity index is 1.92. The van der Waals surface area contributed by atoms with Crippen molar-refractivity contribution < 1.29 is 28.2 Å². The van der Waals surface area contributed by atoms with Gasteiger partial charge in [0.1, 0.15) is 22.9 Å². The Hall–Kier alpha value is -3.23. The van der Waals surface area contributed by atoms with Gasteiger partial charge in [0.2, 0.25) is 0 Å². The van der Waals surface area contributed by atoms with Crippen LogP contribution in [0.15, 0.2) is 53.6 Å². The minimum atomic E-state index is -1.30. The van der Waals surface area contributed by atoms with Crippen LogP contribution in [0.1, 0.15) is 29.3 Å². The number of benzene rings is 2. The van der Waals surface area contributed by atoms with Crippen LogP contribution in [0.5, 0.6) is 5.75 Å². The molecule has 9 heteroatoms. The molecule has 5 nitrogen and oxygen atoms in total. The van der Waals surface area contributed by atoms with E-state index < -0.39 is 23.5 Å². The molecule has 3 rings (SSSR count). The van der Waals surface area contributed by atoms with E-state index in [1.54, 1.807) is 6.92 Å². The zero-order chi connectivity index (χ0) is 23.4. The Bertz CT molecular complexity index is 1220. The number of hydrogen-bond acceptors (Lipinski definition) is 4. The van der Waals surface area contributed by atoms with Gasteiger partial charge < -0.3 is 15.2 Å². The fraction of sp³-hybridized carbons (Fsp3) is 0.130. The molecule has 32 heavy (non-hydrogen) atoms. The number of carboxylic acid groups (broad SMARTS) is 1. The summed E-state index contributed by atoms with van der Waals surface area (Å²) in [7, 11) is 0. The topological polar surface area (TPSA) is 75.6 Å². The van der Waals surface area contributed by atoms with Crippen molar-refractivity contribution in [3.63, 3.8) is 0 Å². The third kappa shape index (κ3) is 4.98. The van der Waals surface area contributed by atoms with Gasteiger partial charge in [0.25, 0.3) is 5.91 Å². The van der Waals surface area contributed by atoms with E-state index in [2.05, 4.69) is 5.32 Å². The smallest absolute Gasteiger partial charge is 0.339 e. The van der Waals surface area contributed by atoms with E-state index >= 15 is 0 Å². The number of carboxylic acids is 1. The second kappa shape index (κ2) is 9.93. The van der Waals surface area contributed by atoms with Crippen molar-refractivity contribution in [3.8, 4) is 16.2 Å². The third-order valence-electron chi connectivity index (χ3n) is 4.49. The first-order chi connectivity index (χ1) is 15.2. The van der Waals surface area contributed by atoms with Crippen molar-refractivity contribution in [2.75, 3.05) is 5.32 Å². The normalized spacial score (nSPS) is 11.3. The molecule has 0 unspecified atom stereocenters. The van der Waals surface area contributed by atoms with Gasteiger partial charge in [-0.15, -0.1) is 11.3 Å². The number of nitrogens with one attached hydrogen (secondary N) is 1. The Labute approximate surface area is 191 Å². The van der Waals surface area contributed by atoms with Crippen molar-refractivity contribution in [2.45, 2.75) is 20.3 Å². The molecule has 1 heterocycles. The van der Waals surface area contributed by atoms with Gasteiger partial charge in [-0.2, -0.15) is 0 Å². The van der Waals surface area contributed by atoms with E-state index in [1.165, 1.54) is 48.7 Å². The Kier molecular flexibility index (Phi) is 7.27. The van der Waals surface area contributed by atoms with Crippen LogP contribution >= 0.6 is 22.9 Å². The fourth-order valence-electron chi connectivity index (χ4n) is 2.88. The van der Waals surface area contributed by atoms with Crippen molar-refractivity contribution in [1.29, 1.82) is 0 Å². The number of amides is 1. The van der Waals surface area contributed by atoms with E-state index in [4.69, 9.17) is 16.3 Å². The molecular weight excluding hydrogens is 460 g/mol. The second-order valence-electron chi connectivity index (χ2n) is 6.68. The van der Waals surface area contributed by atoms with Crippen LogP contribution < -0.4 is 10.1 Å². The molecule has 1 aromatic heterocycles. The number of anilines is 1. The fourth-order valence-corrected chi connectivity index (χ4v) is 3.99. The molecule has 0 saturated heterocycles. The Morgan fingerprint density at radius 1 is 1.22 bits per heavy atom. The number of ether oxygens (including phenoxy) is 1. The zero-order valence-corrected chi connectivity index (χ0v) is 18.6. The highest BCUT2D eigenvalue weighted by atomic mass is 35.5. The van der Waals surface area contributed by atoms with E-state index in [9.17, 15) is 23.5 Å². The van der Waals surface area contributed by atoms with Crippen LogP contribution in [0.25, 0.3) is 10.4 Å². The summed E-state index contributed by atoms with van der Waals surface area (Å²) >= 11 is 6.74. The van der Waals surface area contributed by atoms with Crippen LogP contribution in [-0.2, 0) is 4.79 Å². The molecule has 0 aliphatic rings. The van der Waals surface area contributed by atoms with Crippen LogP contribution in [0.2, 0.25) is 5.02 Å². The summed E-state index contributed by atoms with van der Waals surface area (Å²) in [5.74, 6) is -3.11. The highest BCUT2D eigenvalue weighted by Crippen LogP contribution is 2.37. The summed E-state index contributed by atoms with van der Waals surface area (Å²) < 4.78 is 33.3. The molecule has 3 aromatic rings. The second-order valence-corrected chi connectivity index (χ2v) is 7.97. The largest absolute Gasteiger partial charge is 0.478 e. The number of aromatic carboxylic acids is 1. The molecule has 166 valence electrons. The Morgan fingerprint density at radius 3 is 2.62 bits per heavy atom. The SMILES string of the molecule is CCC=C(Oc1cccc(F)c1C)C(=O)Nc1csc(-c2ccc(Cl)c(F)c2)c1C(=O)O. The average molecular weight is 478 g/mol. The number of thiophene rings is 1. The minimum absolute atomic E-state index is 0.0272. The van der Waals surface area contributed by atoms with E-state index in [1.807, 2.05) is 0 Å². The van der Waals surface area contributed by atoms with E-state index in [0.717, 1.165) is 17.4 Å². The lowest BCUT2D eigenvalue weighted by Gasteiger charge is -2.13. The molecule has 0 atom stereocenters. The first-order valence-corrected chi connectivity index (χ1v) is 10.7. The van der Waals surface area contributed by atoms with Crippen LogP contribution in [0, 0.1) is 18.6 Å². The summed E-state index contributed by atoms with van der Waals surface area (Å²) in [6, 6.07) is 8.20. The zero-order valence-electron chi connectivity index (χ0n) is 17.0. The maximum Gasteiger partial charge on any atom is 0.339 e. The van der Waals surface area contributed by atoms with Crippen molar-refractivity contribution in [2.24, 2.45) is 0 Å². The summed E-state index contributed by atoms with van der Waals surface area (Å²) in [5.41, 5.74) is 0.379. The van der Waals surface area contributed by atoms with Crippen LogP contribution in [0.3, 0.4) is 0 Å². The van der Waals surface area contributed by atoms with Gasteiger partial charge in [0.15, 0.2) is 5.76 Å². The molecule has 0 aliphatic carbocycles. The molecule has 0 saturated carbocycles. The highest BCUT2D eigenvalue weighted by Gasteiger charge is 2.23. The van der Waals surface area contributed by atoms with Crippen LogP contribution in [0.4, 0.5) is 14.5 Å². The molecular formula is C23H18ClF2NO4S. The summed E-state index contributed by atoms with van der Waals surface area (Å²) in [4.78, 5) is 25.0. The monoisotopic (exact) mass is 477 g/mol. The van der Waals surface area contributed by atoms with Crippen molar-refractivity contribution >= 4 is 40.5 Å². The number of halogens is 3. The standard InChI is InChI=1S/C23H18ClF2NO4S/c1-3-5-19(31-18-7-4-6-15(25)12(18)2)22(28)27-17-11-32-21(20(17)23(29)30)13-8-9-14(24)16(26)10-13/h4-11H,3H2,1-2H3,(H,27,28)(H,29,30). The minimum Gasteiger partial charge on any atom is -0.478 e. The van der Waals surface area contributed by atoms with Crippen molar-refractivity contribution in [1.82, 2.24) is 0 Å². The number of rotatable bonds is 7. The lowest BCUT2D eigenvalue weighted by atomic mass is 10.1. The van der Waals surface area contributed by atoms with Gasteiger partial charge in [0, 0.05) is 10.9 Å². The van der Waals surface area contributed by atoms with Gasteiger partial charge in [-0.1, -0.05) is 30.7 Å². The predicted molar refractivity (Wildman–Crippen MR) is 120 cm³/mol. The lowest BCUT2D eigenvalue weighted by molar-refractivity contribution is -0.114.